The minimum atomic E-state index is -0.553. The van der Waals surface area contributed by atoms with Crippen LogP contribution in [0.5, 0.6) is 0 Å². The zero-order valence-electron chi connectivity index (χ0n) is 16.5. The second kappa shape index (κ2) is 9.06. The molecule has 3 aromatic rings. The van der Waals surface area contributed by atoms with Crippen LogP contribution in [0.2, 0.25) is 5.02 Å². The average Bonchev–Trinajstić information content (AvgIpc) is 3.42. The van der Waals surface area contributed by atoms with Gasteiger partial charge in [0.25, 0.3) is 5.91 Å². The number of anilines is 2. The van der Waals surface area contributed by atoms with Crippen molar-refractivity contribution < 1.29 is 18.8 Å². The van der Waals surface area contributed by atoms with Gasteiger partial charge in [-0.1, -0.05) is 35.9 Å². The third kappa shape index (κ3) is 4.62. The molecule has 1 unspecified atom stereocenters. The van der Waals surface area contributed by atoms with E-state index < -0.39 is 5.92 Å². The number of furan rings is 1. The number of amides is 3. The van der Waals surface area contributed by atoms with Crippen LogP contribution < -0.4 is 15.5 Å². The Morgan fingerprint density at radius 3 is 2.61 bits per heavy atom. The lowest BCUT2D eigenvalue weighted by Crippen LogP contribution is -2.29. The summed E-state index contributed by atoms with van der Waals surface area (Å²) in [7, 11) is 0. The largest absolute Gasteiger partial charge is 0.467 e. The Morgan fingerprint density at radius 2 is 1.84 bits per heavy atom. The molecule has 0 aliphatic carbocycles. The molecule has 0 saturated carbocycles. The number of nitrogens with one attached hydrogen (secondary N) is 2. The molecule has 0 spiro atoms. The first-order valence-electron chi connectivity index (χ1n) is 9.78. The van der Waals surface area contributed by atoms with Gasteiger partial charge in [0.15, 0.2) is 0 Å². The topological polar surface area (TPSA) is 91.6 Å². The predicted molar refractivity (Wildman–Crippen MR) is 117 cm³/mol. The molecule has 1 fully saturated rings. The molecule has 1 atom stereocenters. The van der Waals surface area contributed by atoms with Gasteiger partial charge in [-0.3, -0.25) is 14.4 Å². The van der Waals surface area contributed by atoms with Crippen LogP contribution in [0.1, 0.15) is 22.5 Å². The van der Waals surface area contributed by atoms with Crippen molar-refractivity contribution in [1.29, 1.82) is 0 Å². The van der Waals surface area contributed by atoms with Gasteiger partial charge in [-0.15, -0.1) is 0 Å². The van der Waals surface area contributed by atoms with Crippen molar-refractivity contribution >= 4 is 40.7 Å². The molecular formula is C23H20ClN3O4. The molecular weight excluding hydrogens is 418 g/mol. The Kier molecular flexibility index (Phi) is 6.04. The first-order chi connectivity index (χ1) is 15.0. The number of hydrogen-bond acceptors (Lipinski definition) is 4. The highest BCUT2D eigenvalue weighted by atomic mass is 35.5. The molecule has 1 saturated heterocycles. The molecule has 1 aromatic heterocycles. The summed E-state index contributed by atoms with van der Waals surface area (Å²) in [6.07, 6.45) is 1.61. The quantitative estimate of drug-likeness (QED) is 0.612. The minimum absolute atomic E-state index is 0.0733. The molecule has 0 radical (unpaired) electrons. The number of benzene rings is 2. The van der Waals surface area contributed by atoms with Gasteiger partial charge >= 0.3 is 0 Å². The standard InChI is InChI=1S/C23H20ClN3O4/c24-18-8-2-4-10-20(18)27-14-15(12-21(27)28)22(29)26-19-9-3-1-7-17(19)23(30)25-13-16-6-5-11-31-16/h1-11,15H,12-14H2,(H,25,30)(H,26,29). The Hall–Kier alpha value is -3.58. The molecule has 7 nitrogen and oxygen atoms in total. The molecule has 8 heteroatoms. The first-order valence-corrected chi connectivity index (χ1v) is 10.2. The summed E-state index contributed by atoms with van der Waals surface area (Å²) in [5.74, 6) is -0.763. The van der Waals surface area contributed by atoms with Crippen LogP contribution in [0.3, 0.4) is 0 Å². The first kappa shape index (κ1) is 20.7. The summed E-state index contributed by atoms with van der Waals surface area (Å²) in [5, 5.41) is 6.02. The van der Waals surface area contributed by atoms with Crippen LogP contribution in [0.4, 0.5) is 11.4 Å². The third-order valence-electron chi connectivity index (χ3n) is 5.07. The SMILES string of the molecule is O=C(NCc1ccco1)c1ccccc1NC(=O)C1CC(=O)N(c2ccccc2Cl)C1. The fourth-order valence-electron chi connectivity index (χ4n) is 3.49. The maximum Gasteiger partial charge on any atom is 0.253 e. The van der Waals surface area contributed by atoms with Gasteiger partial charge in [0.2, 0.25) is 11.8 Å². The van der Waals surface area contributed by atoms with E-state index in [1.807, 2.05) is 0 Å². The van der Waals surface area contributed by atoms with Crippen LogP contribution >= 0.6 is 11.6 Å². The van der Waals surface area contributed by atoms with E-state index in [0.717, 1.165) is 0 Å². The van der Waals surface area contributed by atoms with Crippen LogP contribution in [0, 0.1) is 5.92 Å². The van der Waals surface area contributed by atoms with Gasteiger partial charge < -0.3 is 20.0 Å². The Morgan fingerprint density at radius 1 is 1.06 bits per heavy atom. The summed E-state index contributed by atoms with van der Waals surface area (Å²) in [6, 6.07) is 17.3. The number of nitrogens with zero attached hydrogens (tertiary/aromatic N) is 1. The molecule has 2 N–H and O–H groups in total. The van der Waals surface area contributed by atoms with Crippen molar-refractivity contribution in [3.05, 3.63) is 83.3 Å². The van der Waals surface area contributed by atoms with E-state index in [1.165, 1.54) is 11.2 Å². The number of carbonyl (C=O) groups excluding carboxylic acids is 3. The summed E-state index contributed by atoms with van der Waals surface area (Å²) in [4.78, 5) is 39.5. The lowest BCUT2D eigenvalue weighted by Gasteiger charge is -2.18. The Labute approximate surface area is 184 Å². The molecule has 2 aromatic carbocycles. The van der Waals surface area contributed by atoms with E-state index in [2.05, 4.69) is 10.6 Å². The third-order valence-corrected chi connectivity index (χ3v) is 5.39. The highest BCUT2D eigenvalue weighted by molar-refractivity contribution is 6.34. The average molecular weight is 438 g/mol. The second-order valence-corrected chi connectivity index (χ2v) is 7.56. The highest BCUT2D eigenvalue weighted by Gasteiger charge is 2.36. The van der Waals surface area contributed by atoms with Crippen molar-refractivity contribution in [3.8, 4) is 0 Å². The zero-order valence-corrected chi connectivity index (χ0v) is 17.3. The lowest BCUT2D eigenvalue weighted by molar-refractivity contribution is -0.122. The molecule has 3 amide bonds. The highest BCUT2D eigenvalue weighted by Crippen LogP contribution is 2.31. The summed E-state index contributed by atoms with van der Waals surface area (Å²) in [5.41, 5.74) is 1.30. The van der Waals surface area contributed by atoms with Crippen LogP contribution in [0.25, 0.3) is 0 Å². The molecule has 4 rings (SSSR count). The molecule has 1 aliphatic rings. The van der Waals surface area contributed by atoms with Crippen molar-refractivity contribution in [2.45, 2.75) is 13.0 Å². The maximum atomic E-state index is 12.9. The number of para-hydroxylation sites is 2. The van der Waals surface area contributed by atoms with Crippen molar-refractivity contribution in [2.24, 2.45) is 5.92 Å². The molecule has 31 heavy (non-hydrogen) atoms. The molecule has 158 valence electrons. The molecule has 1 aliphatic heterocycles. The van der Waals surface area contributed by atoms with Crippen molar-refractivity contribution in [1.82, 2.24) is 5.32 Å². The van der Waals surface area contributed by atoms with Crippen molar-refractivity contribution in [2.75, 3.05) is 16.8 Å². The minimum Gasteiger partial charge on any atom is -0.467 e. The smallest absolute Gasteiger partial charge is 0.253 e. The van der Waals surface area contributed by atoms with E-state index in [-0.39, 0.29) is 37.2 Å². The Balaban J connectivity index is 1.44. The number of hydrogen-bond donors (Lipinski definition) is 2. The van der Waals surface area contributed by atoms with Gasteiger partial charge in [-0.25, -0.2) is 0 Å². The number of rotatable bonds is 6. The summed E-state index contributed by atoms with van der Waals surface area (Å²) < 4.78 is 5.22. The van der Waals surface area contributed by atoms with E-state index in [0.29, 0.717) is 27.7 Å². The normalized spacial score (nSPS) is 15.7. The van der Waals surface area contributed by atoms with E-state index in [4.69, 9.17) is 16.0 Å². The fourth-order valence-corrected chi connectivity index (χ4v) is 3.73. The van der Waals surface area contributed by atoms with Gasteiger partial charge in [0, 0.05) is 13.0 Å². The fraction of sp³-hybridized carbons (Fsp3) is 0.174. The number of carbonyl (C=O) groups is 3. The monoisotopic (exact) mass is 437 g/mol. The van der Waals surface area contributed by atoms with Crippen LogP contribution in [-0.2, 0) is 16.1 Å². The zero-order chi connectivity index (χ0) is 21.8. The second-order valence-electron chi connectivity index (χ2n) is 7.15. The molecule has 2 heterocycles. The van der Waals surface area contributed by atoms with Crippen LogP contribution in [0.15, 0.2) is 71.3 Å². The maximum absolute atomic E-state index is 12.9. The lowest BCUT2D eigenvalue weighted by atomic mass is 10.1. The predicted octanol–water partition coefficient (Wildman–Crippen LogP) is 3.85. The van der Waals surface area contributed by atoms with E-state index >= 15 is 0 Å². The van der Waals surface area contributed by atoms with Gasteiger partial charge in [0.05, 0.1) is 40.7 Å². The van der Waals surface area contributed by atoms with Gasteiger partial charge in [0.1, 0.15) is 5.76 Å². The van der Waals surface area contributed by atoms with E-state index in [1.54, 1.807) is 60.7 Å². The Bertz CT molecular complexity index is 1110. The van der Waals surface area contributed by atoms with Crippen LogP contribution in [-0.4, -0.2) is 24.3 Å². The van der Waals surface area contributed by atoms with Gasteiger partial charge in [-0.05, 0) is 36.4 Å². The molecule has 0 bridgehead atoms. The number of halogens is 1. The summed E-state index contributed by atoms with van der Waals surface area (Å²) in [6.45, 7) is 0.458. The van der Waals surface area contributed by atoms with Crippen molar-refractivity contribution in [3.63, 3.8) is 0 Å². The van der Waals surface area contributed by atoms with Gasteiger partial charge in [-0.2, -0.15) is 0 Å². The van der Waals surface area contributed by atoms with E-state index in [9.17, 15) is 14.4 Å². The summed E-state index contributed by atoms with van der Waals surface area (Å²) >= 11 is 6.20.